The number of pyridine rings is 1. The lowest BCUT2D eigenvalue weighted by Gasteiger charge is -2.37. The van der Waals surface area contributed by atoms with E-state index in [4.69, 9.17) is 9.72 Å². The second kappa shape index (κ2) is 10.6. The molecule has 1 aliphatic rings. The number of hydrogen-bond donors (Lipinski definition) is 0. The molecule has 0 bridgehead atoms. The fourth-order valence-electron chi connectivity index (χ4n) is 5.34. The minimum atomic E-state index is -0.0816. The first-order chi connectivity index (χ1) is 17.9. The van der Waals surface area contributed by atoms with Crippen LogP contribution in [0.15, 0.2) is 30.6 Å². The molecular formula is C31H38N4O3. The predicted octanol–water partition coefficient (Wildman–Crippen LogP) is 5.58. The van der Waals surface area contributed by atoms with Gasteiger partial charge in [-0.1, -0.05) is 27.7 Å². The zero-order valence-corrected chi connectivity index (χ0v) is 23.6. The first-order valence-electron chi connectivity index (χ1n) is 13.3. The molecule has 1 atom stereocenters. The number of ether oxygens (including phenoxy) is 1. The zero-order valence-electron chi connectivity index (χ0n) is 23.6. The molecule has 0 N–H and O–H groups in total. The topological polar surface area (TPSA) is 88.2 Å². The van der Waals surface area contributed by atoms with Crippen LogP contribution in [0.1, 0.15) is 79.1 Å². The van der Waals surface area contributed by atoms with Crippen molar-refractivity contribution in [3.05, 3.63) is 58.4 Å². The van der Waals surface area contributed by atoms with Gasteiger partial charge in [-0.3, -0.25) is 9.59 Å². The van der Waals surface area contributed by atoms with Gasteiger partial charge in [0.05, 0.1) is 18.7 Å². The number of ketones is 1. The van der Waals surface area contributed by atoms with Crippen LogP contribution < -0.4 is 4.74 Å². The van der Waals surface area contributed by atoms with Crippen molar-refractivity contribution in [2.24, 2.45) is 18.4 Å². The molecule has 1 fully saturated rings. The summed E-state index contributed by atoms with van der Waals surface area (Å²) in [7, 11) is 3.53. The SMILES string of the molecule is COc1cc(C#N)cc(C(=O)Cc2cnc3c(c(C4CCN(C(=O)[C@H](C)C(C)(C)C)CC4)cn3C)c2C)c1. The molecule has 4 rings (SSSR count). The lowest BCUT2D eigenvalue weighted by atomic mass is 9.80. The molecule has 7 heteroatoms. The van der Waals surface area contributed by atoms with E-state index in [0.717, 1.165) is 48.1 Å². The second-order valence-electron chi connectivity index (χ2n) is 11.7. The van der Waals surface area contributed by atoms with E-state index in [1.165, 1.54) is 12.7 Å². The van der Waals surface area contributed by atoms with Crippen LogP contribution in [0, 0.1) is 29.6 Å². The molecular weight excluding hydrogens is 476 g/mol. The van der Waals surface area contributed by atoms with E-state index >= 15 is 0 Å². The van der Waals surface area contributed by atoms with E-state index in [1.807, 2.05) is 18.9 Å². The van der Waals surface area contributed by atoms with E-state index in [9.17, 15) is 14.9 Å². The van der Waals surface area contributed by atoms with E-state index in [-0.39, 0.29) is 29.4 Å². The van der Waals surface area contributed by atoms with Crippen LogP contribution >= 0.6 is 0 Å². The smallest absolute Gasteiger partial charge is 0.225 e. The number of fused-ring (bicyclic) bond motifs is 1. The molecule has 0 saturated carbocycles. The average molecular weight is 515 g/mol. The number of nitrogens with zero attached hydrogens (tertiary/aromatic N) is 4. The molecule has 38 heavy (non-hydrogen) atoms. The lowest BCUT2D eigenvalue weighted by molar-refractivity contribution is -0.139. The standard InChI is InChI=1S/C31H38N4O3/c1-19-24(15-27(36)23-12-21(16-32)13-25(14-23)38-7)17-33-29-28(19)26(18-34(29)6)22-8-10-35(11-9-22)30(37)20(2)31(3,4)5/h12-14,17-18,20,22H,8-11,15H2,1-7H3/t20-/m0/s1. The Labute approximate surface area is 225 Å². The molecule has 1 saturated heterocycles. The van der Waals surface area contributed by atoms with Crippen molar-refractivity contribution < 1.29 is 14.3 Å². The number of nitriles is 1. The number of rotatable bonds is 6. The van der Waals surface area contributed by atoms with Gasteiger partial charge in [0, 0.05) is 55.8 Å². The van der Waals surface area contributed by atoms with Gasteiger partial charge in [-0.15, -0.1) is 0 Å². The summed E-state index contributed by atoms with van der Waals surface area (Å²) >= 11 is 0. The van der Waals surface area contributed by atoms with Crippen LogP contribution in [0.5, 0.6) is 5.75 Å². The Morgan fingerprint density at radius 2 is 1.89 bits per heavy atom. The highest BCUT2D eigenvalue weighted by Crippen LogP contribution is 2.37. The first kappa shape index (κ1) is 27.4. The summed E-state index contributed by atoms with van der Waals surface area (Å²) in [6, 6.07) is 7.00. The van der Waals surface area contributed by atoms with E-state index in [2.05, 4.69) is 44.5 Å². The van der Waals surface area contributed by atoms with Crippen molar-refractivity contribution >= 4 is 22.7 Å². The van der Waals surface area contributed by atoms with Gasteiger partial charge in [-0.2, -0.15) is 5.26 Å². The van der Waals surface area contributed by atoms with E-state index < -0.39 is 0 Å². The Morgan fingerprint density at radius 1 is 1.21 bits per heavy atom. The number of methoxy groups -OCH3 is 1. The number of amides is 1. The van der Waals surface area contributed by atoms with Crippen molar-refractivity contribution in [3.63, 3.8) is 0 Å². The zero-order chi connectivity index (χ0) is 27.8. The van der Waals surface area contributed by atoms with Crippen molar-refractivity contribution in [2.75, 3.05) is 20.2 Å². The highest BCUT2D eigenvalue weighted by atomic mass is 16.5. The summed E-state index contributed by atoms with van der Waals surface area (Å²) in [5.74, 6) is 0.962. The maximum atomic E-state index is 13.2. The molecule has 7 nitrogen and oxygen atoms in total. The van der Waals surface area contributed by atoms with Crippen LogP contribution in [-0.2, 0) is 18.3 Å². The van der Waals surface area contributed by atoms with Crippen LogP contribution in [0.25, 0.3) is 11.0 Å². The highest BCUT2D eigenvalue weighted by molar-refractivity contribution is 5.99. The average Bonchev–Trinajstić information content (AvgIpc) is 3.25. The Bertz CT molecular complexity index is 1420. The summed E-state index contributed by atoms with van der Waals surface area (Å²) in [6.07, 6.45) is 5.96. The number of likely N-dealkylation sites (tertiary alicyclic amines) is 1. The number of hydrogen-bond acceptors (Lipinski definition) is 5. The summed E-state index contributed by atoms with van der Waals surface area (Å²) < 4.78 is 7.33. The fraction of sp³-hybridized carbons (Fsp3) is 0.484. The number of carbonyl (C=O) groups is 2. The van der Waals surface area contributed by atoms with Crippen LogP contribution in [0.4, 0.5) is 0 Å². The third-order valence-corrected chi connectivity index (χ3v) is 8.24. The molecule has 0 aliphatic carbocycles. The van der Waals surface area contributed by atoms with Crippen molar-refractivity contribution in [1.82, 2.24) is 14.5 Å². The monoisotopic (exact) mass is 514 g/mol. The van der Waals surface area contributed by atoms with Crippen LogP contribution in [0.3, 0.4) is 0 Å². The van der Waals surface area contributed by atoms with Gasteiger partial charge in [-0.05, 0) is 66.0 Å². The number of benzene rings is 1. The van der Waals surface area contributed by atoms with Crippen molar-refractivity contribution in [2.45, 2.75) is 59.8 Å². The van der Waals surface area contributed by atoms with Gasteiger partial charge >= 0.3 is 0 Å². The van der Waals surface area contributed by atoms with Gasteiger partial charge in [-0.25, -0.2) is 4.98 Å². The van der Waals surface area contributed by atoms with Gasteiger partial charge in [0.1, 0.15) is 11.4 Å². The normalized spacial score (nSPS) is 15.4. The van der Waals surface area contributed by atoms with Gasteiger partial charge in [0.2, 0.25) is 5.91 Å². The molecule has 200 valence electrons. The Balaban J connectivity index is 1.58. The molecule has 0 unspecified atom stereocenters. The summed E-state index contributed by atoms with van der Waals surface area (Å²) in [5, 5.41) is 10.4. The predicted molar refractivity (Wildman–Crippen MR) is 148 cm³/mol. The molecule has 1 aromatic carbocycles. The lowest BCUT2D eigenvalue weighted by Crippen LogP contribution is -2.43. The van der Waals surface area contributed by atoms with Crippen molar-refractivity contribution in [3.8, 4) is 11.8 Å². The highest BCUT2D eigenvalue weighted by Gasteiger charge is 2.33. The van der Waals surface area contributed by atoms with Crippen LogP contribution in [0.2, 0.25) is 0 Å². The number of aryl methyl sites for hydroxylation is 2. The Hall–Kier alpha value is -3.66. The number of piperidine rings is 1. The fourth-order valence-corrected chi connectivity index (χ4v) is 5.34. The molecule has 1 aliphatic heterocycles. The number of carbonyl (C=O) groups excluding carboxylic acids is 2. The molecule has 0 spiro atoms. The molecule has 0 radical (unpaired) electrons. The third kappa shape index (κ3) is 5.31. The van der Waals surface area contributed by atoms with Crippen LogP contribution in [-0.4, -0.2) is 46.3 Å². The molecule has 3 aromatic rings. The third-order valence-electron chi connectivity index (χ3n) is 8.24. The quantitative estimate of drug-likeness (QED) is 0.401. The van der Waals surface area contributed by atoms with Gasteiger partial charge in [0.15, 0.2) is 5.78 Å². The largest absolute Gasteiger partial charge is 0.497 e. The summed E-state index contributed by atoms with van der Waals surface area (Å²) in [6.45, 7) is 12.0. The molecule has 2 aromatic heterocycles. The van der Waals surface area contributed by atoms with E-state index in [0.29, 0.717) is 22.8 Å². The maximum Gasteiger partial charge on any atom is 0.225 e. The molecule has 3 heterocycles. The maximum absolute atomic E-state index is 13.2. The number of Topliss-reactive ketones (excluding diaryl/α,β-unsaturated/α-hetero) is 1. The summed E-state index contributed by atoms with van der Waals surface area (Å²) in [5.41, 5.74) is 4.87. The second-order valence-corrected chi connectivity index (χ2v) is 11.7. The van der Waals surface area contributed by atoms with Crippen molar-refractivity contribution in [1.29, 1.82) is 5.26 Å². The number of aromatic nitrogens is 2. The Kier molecular flexibility index (Phi) is 7.64. The van der Waals surface area contributed by atoms with Gasteiger partial charge < -0.3 is 14.2 Å². The Morgan fingerprint density at radius 3 is 2.50 bits per heavy atom. The minimum absolute atomic E-state index is 0.0167. The first-order valence-corrected chi connectivity index (χ1v) is 13.3. The van der Waals surface area contributed by atoms with E-state index in [1.54, 1.807) is 24.4 Å². The molecule has 1 amide bonds. The van der Waals surface area contributed by atoms with Gasteiger partial charge in [0.25, 0.3) is 0 Å². The summed E-state index contributed by atoms with van der Waals surface area (Å²) in [4.78, 5) is 33.0. The minimum Gasteiger partial charge on any atom is -0.497 e.